The Labute approximate surface area is 110 Å². The molecular weight excluding hydrogens is 254 g/mol. The Morgan fingerprint density at radius 1 is 1.29 bits per heavy atom. The summed E-state index contributed by atoms with van der Waals surface area (Å²) in [5, 5.41) is 1.69. The lowest BCUT2D eigenvalue weighted by atomic mass is 10.2. The van der Waals surface area contributed by atoms with Gasteiger partial charge in [-0.25, -0.2) is 4.98 Å². The number of aromatic nitrogens is 1. The van der Waals surface area contributed by atoms with Crippen LogP contribution in [0.2, 0.25) is 5.02 Å². The van der Waals surface area contributed by atoms with E-state index >= 15 is 0 Å². The van der Waals surface area contributed by atoms with E-state index in [4.69, 9.17) is 16.3 Å². The molecule has 2 aromatic rings. The second kappa shape index (κ2) is 5.07. The molecule has 17 heavy (non-hydrogen) atoms. The van der Waals surface area contributed by atoms with Crippen LogP contribution in [0.1, 0.15) is 21.1 Å². The highest BCUT2D eigenvalue weighted by Gasteiger charge is 2.06. The molecule has 0 saturated carbocycles. The molecule has 0 aliphatic heterocycles. The molecule has 0 fully saturated rings. The molecular formula is C13H14ClNOS. The zero-order valence-corrected chi connectivity index (χ0v) is 11.7. The van der Waals surface area contributed by atoms with Crippen LogP contribution in [0.5, 0.6) is 5.75 Å². The monoisotopic (exact) mass is 267 g/mol. The molecule has 0 amide bonds. The van der Waals surface area contributed by atoms with Crippen LogP contribution in [-0.4, -0.2) is 4.98 Å². The van der Waals surface area contributed by atoms with E-state index in [-0.39, 0.29) is 0 Å². The van der Waals surface area contributed by atoms with Gasteiger partial charge in [-0.3, -0.25) is 0 Å². The number of aryl methyl sites for hydroxylation is 3. The maximum atomic E-state index is 5.93. The quantitative estimate of drug-likeness (QED) is 0.827. The van der Waals surface area contributed by atoms with Gasteiger partial charge in [-0.1, -0.05) is 17.7 Å². The first kappa shape index (κ1) is 12.4. The van der Waals surface area contributed by atoms with Crippen molar-refractivity contribution in [1.29, 1.82) is 0 Å². The topological polar surface area (TPSA) is 22.1 Å². The SMILES string of the molecule is Cc1ccc(Cl)cc1OCc1nc(C)c(C)s1. The molecule has 0 aliphatic carbocycles. The molecule has 1 heterocycles. The molecule has 1 aromatic carbocycles. The van der Waals surface area contributed by atoms with Crippen molar-refractivity contribution in [3.8, 4) is 5.75 Å². The van der Waals surface area contributed by atoms with Crippen LogP contribution >= 0.6 is 22.9 Å². The van der Waals surface area contributed by atoms with E-state index in [2.05, 4.69) is 11.9 Å². The molecule has 0 saturated heterocycles. The van der Waals surface area contributed by atoms with Crippen LogP contribution in [0, 0.1) is 20.8 Å². The van der Waals surface area contributed by atoms with E-state index in [1.165, 1.54) is 4.88 Å². The number of thiazole rings is 1. The normalized spacial score (nSPS) is 10.6. The van der Waals surface area contributed by atoms with Gasteiger partial charge in [0.25, 0.3) is 0 Å². The maximum Gasteiger partial charge on any atom is 0.140 e. The molecule has 2 nitrogen and oxygen atoms in total. The summed E-state index contributed by atoms with van der Waals surface area (Å²) in [5.41, 5.74) is 2.16. The van der Waals surface area contributed by atoms with Crippen LogP contribution < -0.4 is 4.74 Å². The summed E-state index contributed by atoms with van der Waals surface area (Å²) in [5.74, 6) is 0.822. The van der Waals surface area contributed by atoms with E-state index in [1.54, 1.807) is 11.3 Å². The summed E-state index contributed by atoms with van der Waals surface area (Å²) in [4.78, 5) is 5.68. The van der Waals surface area contributed by atoms with E-state index in [0.717, 1.165) is 22.0 Å². The third-order valence-corrected chi connectivity index (χ3v) is 3.86. The first-order valence-electron chi connectivity index (χ1n) is 5.38. The van der Waals surface area contributed by atoms with Crippen LogP contribution in [0.3, 0.4) is 0 Å². The van der Waals surface area contributed by atoms with Gasteiger partial charge in [0.1, 0.15) is 17.4 Å². The van der Waals surface area contributed by atoms with Crippen LogP contribution in [-0.2, 0) is 6.61 Å². The summed E-state index contributed by atoms with van der Waals surface area (Å²) in [6.45, 7) is 6.59. The molecule has 2 rings (SSSR count). The fraction of sp³-hybridized carbons (Fsp3) is 0.308. The zero-order chi connectivity index (χ0) is 12.4. The second-order valence-corrected chi connectivity index (χ2v) is 5.67. The molecule has 0 atom stereocenters. The molecule has 1 aromatic heterocycles. The fourth-order valence-corrected chi connectivity index (χ4v) is 2.48. The van der Waals surface area contributed by atoms with Gasteiger partial charge >= 0.3 is 0 Å². The Morgan fingerprint density at radius 3 is 2.71 bits per heavy atom. The Kier molecular flexibility index (Phi) is 3.69. The van der Waals surface area contributed by atoms with Crippen LogP contribution in [0.15, 0.2) is 18.2 Å². The molecule has 90 valence electrons. The Hall–Kier alpha value is -1.06. The van der Waals surface area contributed by atoms with Gasteiger partial charge in [0, 0.05) is 9.90 Å². The van der Waals surface area contributed by atoms with Gasteiger partial charge in [0.05, 0.1) is 5.69 Å². The molecule has 0 N–H and O–H groups in total. The zero-order valence-electron chi connectivity index (χ0n) is 10.1. The Balaban J connectivity index is 2.09. The van der Waals surface area contributed by atoms with Crippen molar-refractivity contribution in [2.75, 3.05) is 0 Å². The number of halogens is 1. The molecule has 0 spiro atoms. The molecule has 0 unspecified atom stereocenters. The average Bonchev–Trinajstić information content (AvgIpc) is 2.60. The largest absolute Gasteiger partial charge is 0.486 e. The molecule has 4 heteroatoms. The average molecular weight is 268 g/mol. The van der Waals surface area contributed by atoms with Gasteiger partial charge in [0.2, 0.25) is 0 Å². The highest BCUT2D eigenvalue weighted by atomic mass is 35.5. The van der Waals surface area contributed by atoms with Crippen molar-refractivity contribution in [1.82, 2.24) is 4.98 Å². The number of ether oxygens (including phenoxy) is 1. The summed E-state index contributed by atoms with van der Waals surface area (Å²) in [7, 11) is 0. The standard InChI is InChI=1S/C13H14ClNOS/c1-8-4-5-11(14)6-12(8)16-7-13-15-9(2)10(3)17-13/h4-6H,7H2,1-3H3. The lowest BCUT2D eigenvalue weighted by Gasteiger charge is -2.07. The van der Waals surface area contributed by atoms with Crippen molar-refractivity contribution in [2.24, 2.45) is 0 Å². The summed E-state index contributed by atoms with van der Waals surface area (Å²) >= 11 is 7.61. The lowest BCUT2D eigenvalue weighted by molar-refractivity contribution is 0.303. The van der Waals surface area contributed by atoms with Gasteiger partial charge in [-0.15, -0.1) is 11.3 Å². The highest BCUT2D eigenvalue weighted by molar-refractivity contribution is 7.11. The first-order chi connectivity index (χ1) is 8.06. The third-order valence-electron chi connectivity index (χ3n) is 2.57. The van der Waals surface area contributed by atoms with Crippen molar-refractivity contribution in [3.63, 3.8) is 0 Å². The van der Waals surface area contributed by atoms with E-state index < -0.39 is 0 Å². The lowest BCUT2D eigenvalue weighted by Crippen LogP contribution is -1.96. The van der Waals surface area contributed by atoms with Gasteiger partial charge < -0.3 is 4.74 Å². The van der Waals surface area contributed by atoms with Crippen LogP contribution in [0.4, 0.5) is 0 Å². The third kappa shape index (κ3) is 2.99. The first-order valence-corrected chi connectivity index (χ1v) is 6.57. The van der Waals surface area contributed by atoms with E-state index in [9.17, 15) is 0 Å². The van der Waals surface area contributed by atoms with Crippen LogP contribution in [0.25, 0.3) is 0 Å². The minimum absolute atomic E-state index is 0.501. The molecule has 0 aliphatic rings. The predicted octanol–water partition coefficient (Wildman–Crippen LogP) is 4.30. The minimum atomic E-state index is 0.501. The summed E-state index contributed by atoms with van der Waals surface area (Å²) in [6.07, 6.45) is 0. The second-order valence-electron chi connectivity index (χ2n) is 3.95. The van der Waals surface area contributed by atoms with Crippen molar-refractivity contribution in [2.45, 2.75) is 27.4 Å². The van der Waals surface area contributed by atoms with Gasteiger partial charge in [-0.2, -0.15) is 0 Å². The van der Waals surface area contributed by atoms with Crippen molar-refractivity contribution >= 4 is 22.9 Å². The predicted molar refractivity (Wildman–Crippen MR) is 72.1 cm³/mol. The fourth-order valence-electron chi connectivity index (χ4n) is 1.47. The maximum absolute atomic E-state index is 5.93. The van der Waals surface area contributed by atoms with Gasteiger partial charge in [-0.05, 0) is 38.5 Å². The number of hydrogen-bond acceptors (Lipinski definition) is 3. The molecule has 0 radical (unpaired) electrons. The Morgan fingerprint density at radius 2 is 2.06 bits per heavy atom. The number of hydrogen-bond donors (Lipinski definition) is 0. The van der Waals surface area contributed by atoms with Crippen molar-refractivity contribution in [3.05, 3.63) is 44.4 Å². The number of benzene rings is 1. The Bertz CT molecular complexity index is 517. The van der Waals surface area contributed by atoms with Gasteiger partial charge in [0.15, 0.2) is 0 Å². The summed E-state index contributed by atoms with van der Waals surface area (Å²) < 4.78 is 5.74. The highest BCUT2D eigenvalue weighted by Crippen LogP contribution is 2.24. The van der Waals surface area contributed by atoms with E-state index in [0.29, 0.717) is 11.6 Å². The smallest absolute Gasteiger partial charge is 0.140 e. The number of nitrogens with zero attached hydrogens (tertiary/aromatic N) is 1. The number of rotatable bonds is 3. The summed E-state index contributed by atoms with van der Waals surface area (Å²) in [6, 6.07) is 5.65. The van der Waals surface area contributed by atoms with E-state index in [1.807, 2.05) is 32.0 Å². The van der Waals surface area contributed by atoms with Crippen molar-refractivity contribution < 1.29 is 4.74 Å². The molecule has 0 bridgehead atoms. The minimum Gasteiger partial charge on any atom is -0.486 e.